The Morgan fingerprint density at radius 2 is 1.62 bits per heavy atom. The monoisotopic (exact) mass is 509 g/mol. The second kappa shape index (κ2) is 13.2. The van der Waals surface area contributed by atoms with Crippen LogP contribution in [-0.2, 0) is 9.59 Å². The molecule has 2 aliphatic rings. The number of carbonyl (C=O) groups is 2. The van der Waals surface area contributed by atoms with Crippen LogP contribution >= 0.6 is 0 Å². The van der Waals surface area contributed by atoms with Gasteiger partial charge in [-0.1, -0.05) is 6.92 Å². The van der Waals surface area contributed by atoms with Gasteiger partial charge in [-0.25, -0.2) is 4.98 Å². The van der Waals surface area contributed by atoms with E-state index in [1.165, 1.54) is 0 Å². The maximum Gasteiger partial charge on any atom is 0.224 e. The molecule has 2 saturated heterocycles. The zero-order chi connectivity index (χ0) is 26.2. The van der Waals surface area contributed by atoms with E-state index in [-0.39, 0.29) is 24.7 Å². The zero-order valence-corrected chi connectivity index (χ0v) is 22.8. The number of amides is 2. The van der Waals surface area contributed by atoms with Crippen LogP contribution in [0.4, 0.5) is 11.5 Å². The van der Waals surface area contributed by atoms with Gasteiger partial charge in [0, 0.05) is 82.8 Å². The molecule has 2 N–H and O–H groups in total. The predicted octanol–water partition coefficient (Wildman–Crippen LogP) is 2.16. The molecule has 2 amide bonds. The molecule has 0 unspecified atom stereocenters. The molecule has 1 aromatic carbocycles. The van der Waals surface area contributed by atoms with Crippen molar-refractivity contribution in [3.05, 3.63) is 29.8 Å². The van der Waals surface area contributed by atoms with Gasteiger partial charge in [-0.15, -0.1) is 0 Å². The summed E-state index contributed by atoms with van der Waals surface area (Å²) < 4.78 is 0. The number of aromatic nitrogens is 1. The zero-order valence-electron chi connectivity index (χ0n) is 22.8. The van der Waals surface area contributed by atoms with E-state index < -0.39 is 0 Å². The van der Waals surface area contributed by atoms with E-state index in [1.807, 2.05) is 18.2 Å². The number of fused-ring (bicyclic) bond motifs is 1. The molecule has 202 valence electrons. The van der Waals surface area contributed by atoms with Crippen LogP contribution in [0.3, 0.4) is 0 Å². The highest BCUT2D eigenvalue weighted by atomic mass is 16.2. The second-order valence-corrected chi connectivity index (χ2v) is 10.3. The summed E-state index contributed by atoms with van der Waals surface area (Å²) in [6, 6.07) is 7.96. The Hall–Kier alpha value is -2.75. The molecular weight excluding hydrogens is 466 g/mol. The summed E-state index contributed by atoms with van der Waals surface area (Å²) in [6.07, 6.45) is 1.30. The van der Waals surface area contributed by atoms with Crippen molar-refractivity contribution >= 4 is 34.2 Å². The molecule has 0 bridgehead atoms. The van der Waals surface area contributed by atoms with Crippen molar-refractivity contribution in [2.45, 2.75) is 33.1 Å². The third-order valence-corrected chi connectivity index (χ3v) is 7.58. The molecule has 9 nitrogen and oxygen atoms in total. The van der Waals surface area contributed by atoms with E-state index in [4.69, 9.17) is 4.98 Å². The average molecular weight is 510 g/mol. The van der Waals surface area contributed by atoms with Gasteiger partial charge in [0.1, 0.15) is 5.82 Å². The topological polar surface area (TPSA) is 84.0 Å². The maximum atomic E-state index is 12.5. The Balaban J connectivity index is 1.19. The maximum absolute atomic E-state index is 12.5. The molecule has 37 heavy (non-hydrogen) atoms. The van der Waals surface area contributed by atoms with Crippen LogP contribution in [0, 0.1) is 6.92 Å². The number of hydrogen-bond acceptors (Lipinski definition) is 7. The van der Waals surface area contributed by atoms with Crippen LogP contribution in [0.5, 0.6) is 0 Å². The SMILES string of the molecule is CCN1CCN(CCCNC(=O)CCC(=O)Nc2ccc3nc(N4CCN(C)CC4)cc(C)c3c2)CC1. The van der Waals surface area contributed by atoms with Gasteiger partial charge in [0.2, 0.25) is 11.8 Å². The van der Waals surface area contributed by atoms with E-state index in [1.54, 1.807) is 0 Å². The molecule has 0 radical (unpaired) electrons. The Morgan fingerprint density at radius 3 is 2.35 bits per heavy atom. The predicted molar refractivity (Wildman–Crippen MR) is 150 cm³/mol. The van der Waals surface area contributed by atoms with Crippen molar-refractivity contribution in [2.75, 3.05) is 89.3 Å². The van der Waals surface area contributed by atoms with Crippen molar-refractivity contribution in [2.24, 2.45) is 0 Å². The Kier molecular flexibility index (Phi) is 9.71. The van der Waals surface area contributed by atoms with Crippen LogP contribution < -0.4 is 15.5 Å². The normalized spacial score (nSPS) is 17.8. The highest BCUT2D eigenvalue weighted by Gasteiger charge is 2.17. The fourth-order valence-electron chi connectivity index (χ4n) is 5.05. The highest BCUT2D eigenvalue weighted by molar-refractivity contribution is 5.96. The third-order valence-electron chi connectivity index (χ3n) is 7.58. The molecule has 2 aliphatic heterocycles. The first-order valence-corrected chi connectivity index (χ1v) is 13.8. The van der Waals surface area contributed by atoms with E-state index >= 15 is 0 Å². The molecule has 0 atom stereocenters. The van der Waals surface area contributed by atoms with Gasteiger partial charge in [0.15, 0.2) is 0 Å². The minimum Gasteiger partial charge on any atom is -0.356 e. The highest BCUT2D eigenvalue weighted by Crippen LogP contribution is 2.26. The largest absolute Gasteiger partial charge is 0.356 e. The number of nitrogens with one attached hydrogen (secondary N) is 2. The third kappa shape index (κ3) is 7.87. The van der Waals surface area contributed by atoms with Crippen LogP contribution in [0.25, 0.3) is 10.9 Å². The lowest BCUT2D eigenvalue weighted by Gasteiger charge is -2.33. The Morgan fingerprint density at radius 1 is 0.919 bits per heavy atom. The van der Waals surface area contributed by atoms with Gasteiger partial charge in [0.25, 0.3) is 0 Å². The van der Waals surface area contributed by atoms with Crippen LogP contribution in [-0.4, -0.2) is 111 Å². The standard InChI is InChI=1S/C28H43N7O2/c1-4-33-14-16-34(17-15-33)11-5-10-29-27(36)8-9-28(37)30-23-6-7-25-24(21-23)22(2)20-26(31-25)35-18-12-32(3)13-19-35/h6-7,20-21H,4-5,8-19H2,1-3H3,(H,29,36)(H,30,37). The smallest absolute Gasteiger partial charge is 0.224 e. The number of likely N-dealkylation sites (N-methyl/N-ethyl adjacent to an activating group) is 2. The van der Waals surface area contributed by atoms with E-state index in [0.717, 1.165) is 99.8 Å². The number of piperazine rings is 2. The van der Waals surface area contributed by atoms with Crippen molar-refractivity contribution in [1.82, 2.24) is 25.0 Å². The molecule has 3 heterocycles. The Labute approximate surface area is 221 Å². The van der Waals surface area contributed by atoms with E-state index in [2.05, 4.69) is 57.2 Å². The van der Waals surface area contributed by atoms with Gasteiger partial charge in [-0.3, -0.25) is 9.59 Å². The number of carbonyl (C=O) groups excluding carboxylic acids is 2. The molecule has 2 fully saturated rings. The van der Waals surface area contributed by atoms with Crippen molar-refractivity contribution in [1.29, 1.82) is 0 Å². The number of hydrogen-bond donors (Lipinski definition) is 2. The number of pyridine rings is 1. The summed E-state index contributed by atoms with van der Waals surface area (Å²) in [5.74, 6) is 0.795. The van der Waals surface area contributed by atoms with Gasteiger partial charge in [-0.2, -0.15) is 0 Å². The summed E-state index contributed by atoms with van der Waals surface area (Å²) in [5.41, 5.74) is 2.80. The first kappa shape index (κ1) is 27.3. The van der Waals surface area contributed by atoms with Crippen LogP contribution in [0.2, 0.25) is 0 Å². The quantitative estimate of drug-likeness (QED) is 0.475. The minimum atomic E-state index is -0.150. The van der Waals surface area contributed by atoms with E-state index in [9.17, 15) is 9.59 Å². The molecule has 0 saturated carbocycles. The number of aryl methyl sites for hydroxylation is 1. The van der Waals surface area contributed by atoms with Crippen molar-refractivity contribution in [3.8, 4) is 0 Å². The number of benzene rings is 1. The minimum absolute atomic E-state index is 0.0686. The van der Waals surface area contributed by atoms with Crippen molar-refractivity contribution in [3.63, 3.8) is 0 Å². The molecule has 0 spiro atoms. The van der Waals surface area contributed by atoms with Gasteiger partial charge in [-0.05, 0) is 63.3 Å². The summed E-state index contributed by atoms with van der Waals surface area (Å²) in [4.78, 5) is 39.2. The summed E-state index contributed by atoms with van der Waals surface area (Å²) in [5, 5.41) is 6.93. The number of anilines is 2. The lowest BCUT2D eigenvalue weighted by molar-refractivity contribution is -0.124. The fourth-order valence-corrected chi connectivity index (χ4v) is 5.05. The number of rotatable bonds is 10. The fraction of sp³-hybridized carbons (Fsp3) is 0.607. The lowest BCUT2D eigenvalue weighted by atomic mass is 10.1. The lowest BCUT2D eigenvalue weighted by Crippen LogP contribution is -2.46. The first-order valence-electron chi connectivity index (χ1n) is 13.8. The Bertz CT molecular complexity index is 1060. The molecule has 0 aliphatic carbocycles. The summed E-state index contributed by atoms with van der Waals surface area (Å²) in [6.45, 7) is 15.6. The number of nitrogens with zero attached hydrogens (tertiary/aromatic N) is 5. The second-order valence-electron chi connectivity index (χ2n) is 10.3. The summed E-state index contributed by atoms with van der Waals surface area (Å²) in [7, 11) is 2.15. The molecule has 2 aromatic rings. The summed E-state index contributed by atoms with van der Waals surface area (Å²) >= 11 is 0. The van der Waals surface area contributed by atoms with Crippen LogP contribution in [0.15, 0.2) is 24.3 Å². The van der Waals surface area contributed by atoms with Crippen LogP contribution in [0.1, 0.15) is 31.7 Å². The van der Waals surface area contributed by atoms with Gasteiger partial charge >= 0.3 is 0 Å². The molecule has 9 heteroatoms. The first-order chi connectivity index (χ1) is 17.9. The van der Waals surface area contributed by atoms with Gasteiger partial charge < -0.3 is 30.2 Å². The molecule has 1 aromatic heterocycles. The average Bonchev–Trinajstić information content (AvgIpc) is 2.91. The van der Waals surface area contributed by atoms with Crippen molar-refractivity contribution < 1.29 is 9.59 Å². The van der Waals surface area contributed by atoms with Gasteiger partial charge in [0.05, 0.1) is 5.52 Å². The molecule has 4 rings (SSSR count). The molecular formula is C28H43N7O2. The van der Waals surface area contributed by atoms with E-state index in [0.29, 0.717) is 6.54 Å².